The molecule has 0 rings (SSSR count). The van der Waals surface area contributed by atoms with Crippen molar-refractivity contribution in [2.45, 2.75) is 65.2 Å². The Balaban J connectivity index is 4.70. The van der Waals surface area contributed by atoms with Crippen molar-refractivity contribution in [2.75, 3.05) is 0 Å². The molecule has 0 spiro atoms. The predicted molar refractivity (Wildman–Crippen MR) is 58.1 cm³/mol. The van der Waals surface area contributed by atoms with Gasteiger partial charge < -0.3 is 0 Å². The third-order valence-corrected chi connectivity index (χ3v) is 3.14. The molecule has 0 amide bonds. The molecule has 6 heteroatoms. The molecule has 0 aromatic rings. The lowest BCUT2D eigenvalue weighted by Gasteiger charge is -2.32. The zero-order chi connectivity index (χ0) is 14.6. The molecule has 0 aliphatic heterocycles. The molecule has 18 heavy (non-hydrogen) atoms. The van der Waals surface area contributed by atoms with E-state index in [1.54, 1.807) is 0 Å². The van der Waals surface area contributed by atoms with Gasteiger partial charge in [0.15, 0.2) is 0 Å². The molecule has 0 aromatic heterocycles. The molecular formula is C12H20F6. The standard InChI is InChI=1S/C12H20F6/c1-4-5-6-7-9(11(13,14)15)8-10(2,3)12(16,17)18/h9H,4-8H2,1-3H3. The summed E-state index contributed by atoms with van der Waals surface area (Å²) in [6.45, 7) is 3.49. The van der Waals surface area contributed by atoms with Crippen LogP contribution in [0.25, 0.3) is 0 Å². The highest BCUT2D eigenvalue weighted by Crippen LogP contribution is 2.46. The van der Waals surface area contributed by atoms with Gasteiger partial charge in [0, 0.05) is 0 Å². The van der Waals surface area contributed by atoms with E-state index in [0.717, 1.165) is 20.3 Å². The molecule has 110 valence electrons. The molecule has 0 aliphatic carbocycles. The van der Waals surface area contributed by atoms with Crippen molar-refractivity contribution in [3.05, 3.63) is 0 Å². The summed E-state index contributed by atoms with van der Waals surface area (Å²) >= 11 is 0. The second-order valence-electron chi connectivity index (χ2n) is 5.32. The van der Waals surface area contributed by atoms with Crippen LogP contribution in [-0.2, 0) is 0 Å². The minimum Gasteiger partial charge on any atom is -0.171 e. The maximum absolute atomic E-state index is 12.7. The first-order valence-corrected chi connectivity index (χ1v) is 6.05. The van der Waals surface area contributed by atoms with Crippen molar-refractivity contribution in [3.8, 4) is 0 Å². The molecule has 0 saturated heterocycles. The molecule has 0 aromatic carbocycles. The largest absolute Gasteiger partial charge is 0.393 e. The summed E-state index contributed by atoms with van der Waals surface area (Å²) in [4.78, 5) is 0. The van der Waals surface area contributed by atoms with E-state index in [1.165, 1.54) is 0 Å². The van der Waals surface area contributed by atoms with Gasteiger partial charge in [0.25, 0.3) is 0 Å². The van der Waals surface area contributed by atoms with Gasteiger partial charge >= 0.3 is 12.4 Å². The molecule has 0 fully saturated rings. The van der Waals surface area contributed by atoms with E-state index in [1.807, 2.05) is 6.92 Å². The summed E-state index contributed by atoms with van der Waals surface area (Å²) in [5, 5.41) is 0. The summed E-state index contributed by atoms with van der Waals surface area (Å²) < 4.78 is 75.9. The Morgan fingerprint density at radius 1 is 0.889 bits per heavy atom. The monoisotopic (exact) mass is 278 g/mol. The Morgan fingerprint density at radius 3 is 1.72 bits per heavy atom. The topological polar surface area (TPSA) is 0 Å². The van der Waals surface area contributed by atoms with Gasteiger partial charge in [0.1, 0.15) is 0 Å². The summed E-state index contributed by atoms with van der Waals surface area (Å²) in [5.74, 6) is -1.87. The average Bonchev–Trinajstić information content (AvgIpc) is 2.13. The SMILES string of the molecule is CCCCCC(CC(C)(C)C(F)(F)F)C(F)(F)F. The van der Waals surface area contributed by atoms with Crippen molar-refractivity contribution in [1.82, 2.24) is 0 Å². The molecule has 0 nitrogen and oxygen atoms in total. The van der Waals surface area contributed by atoms with Gasteiger partial charge in [-0.3, -0.25) is 0 Å². The molecule has 0 saturated carbocycles. The van der Waals surface area contributed by atoms with Crippen LogP contribution in [0.15, 0.2) is 0 Å². The number of hydrogen-bond donors (Lipinski definition) is 0. The van der Waals surface area contributed by atoms with Crippen LogP contribution >= 0.6 is 0 Å². The molecular weight excluding hydrogens is 258 g/mol. The third kappa shape index (κ3) is 5.48. The number of unbranched alkanes of at least 4 members (excludes halogenated alkanes) is 2. The van der Waals surface area contributed by atoms with E-state index in [4.69, 9.17) is 0 Å². The van der Waals surface area contributed by atoms with Crippen LogP contribution in [-0.4, -0.2) is 12.4 Å². The van der Waals surface area contributed by atoms with Crippen LogP contribution in [0.2, 0.25) is 0 Å². The van der Waals surface area contributed by atoms with Gasteiger partial charge in [0.05, 0.1) is 11.3 Å². The molecule has 1 atom stereocenters. The second kappa shape index (κ2) is 6.15. The summed E-state index contributed by atoms with van der Waals surface area (Å²) in [6.07, 6.45) is -8.63. The van der Waals surface area contributed by atoms with Crippen LogP contribution in [0.3, 0.4) is 0 Å². The lowest BCUT2D eigenvalue weighted by molar-refractivity contribution is -0.239. The van der Waals surface area contributed by atoms with E-state index in [2.05, 4.69) is 0 Å². The van der Waals surface area contributed by atoms with Gasteiger partial charge in [0.2, 0.25) is 0 Å². The number of hydrogen-bond acceptors (Lipinski definition) is 0. The minimum absolute atomic E-state index is 0.225. The Morgan fingerprint density at radius 2 is 1.39 bits per heavy atom. The van der Waals surface area contributed by atoms with Crippen molar-refractivity contribution in [2.24, 2.45) is 11.3 Å². The highest BCUT2D eigenvalue weighted by atomic mass is 19.4. The van der Waals surface area contributed by atoms with Gasteiger partial charge in [-0.2, -0.15) is 26.3 Å². The van der Waals surface area contributed by atoms with Gasteiger partial charge in [-0.1, -0.05) is 40.0 Å². The zero-order valence-electron chi connectivity index (χ0n) is 10.9. The highest BCUT2D eigenvalue weighted by Gasteiger charge is 2.52. The first-order valence-electron chi connectivity index (χ1n) is 6.05. The summed E-state index contributed by atoms with van der Waals surface area (Å²) in [7, 11) is 0. The van der Waals surface area contributed by atoms with Crippen LogP contribution < -0.4 is 0 Å². The second-order valence-corrected chi connectivity index (χ2v) is 5.32. The maximum Gasteiger partial charge on any atom is 0.393 e. The van der Waals surface area contributed by atoms with Crippen LogP contribution in [0.1, 0.15) is 52.9 Å². The van der Waals surface area contributed by atoms with Gasteiger partial charge in [-0.25, -0.2) is 0 Å². The highest BCUT2D eigenvalue weighted by molar-refractivity contribution is 4.83. The minimum atomic E-state index is -4.61. The van der Waals surface area contributed by atoms with E-state index in [9.17, 15) is 26.3 Å². The fourth-order valence-electron chi connectivity index (χ4n) is 1.75. The lowest BCUT2D eigenvalue weighted by atomic mass is 9.80. The smallest absolute Gasteiger partial charge is 0.171 e. The fourth-order valence-corrected chi connectivity index (χ4v) is 1.75. The number of halogens is 6. The van der Waals surface area contributed by atoms with E-state index < -0.39 is 30.1 Å². The van der Waals surface area contributed by atoms with E-state index >= 15 is 0 Å². The first kappa shape index (κ1) is 17.6. The van der Waals surface area contributed by atoms with E-state index in [-0.39, 0.29) is 6.42 Å². The molecule has 0 N–H and O–H groups in total. The Kier molecular flexibility index (Phi) is 6.01. The van der Waals surface area contributed by atoms with Crippen LogP contribution in [0, 0.1) is 11.3 Å². The van der Waals surface area contributed by atoms with Crippen molar-refractivity contribution in [1.29, 1.82) is 0 Å². The van der Waals surface area contributed by atoms with E-state index in [0.29, 0.717) is 12.8 Å². The van der Waals surface area contributed by atoms with Crippen LogP contribution in [0.4, 0.5) is 26.3 Å². The van der Waals surface area contributed by atoms with Gasteiger partial charge in [-0.15, -0.1) is 0 Å². The summed E-state index contributed by atoms with van der Waals surface area (Å²) in [6, 6.07) is 0. The van der Waals surface area contributed by atoms with Crippen molar-refractivity contribution in [3.63, 3.8) is 0 Å². The molecule has 1 unspecified atom stereocenters. The summed E-state index contributed by atoms with van der Waals surface area (Å²) in [5.41, 5.74) is -2.31. The Labute approximate surface area is 104 Å². The zero-order valence-corrected chi connectivity index (χ0v) is 10.9. The molecule has 0 radical (unpaired) electrons. The first-order chi connectivity index (χ1) is 7.92. The van der Waals surface area contributed by atoms with Crippen LogP contribution in [0.5, 0.6) is 0 Å². The van der Waals surface area contributed by atoms with Crippen molar-refractivity contribution < 1.29 is 26.3 Å². The predicted octanol–water partition coefficient (Wildman–Crippen LogP) is 5.72. The van der Waals surface area contributed by atoms with Crippen molar-refractivity contribution >= 4 is 0 Å². The third-order valence-electron chi connectivity index (χ3n) is 3.14. The quantitative estimate of drug-likeness (QED) is 0.430. The fraction of sp³-hybridized carbons (Fsp3) is 1.00. The Hall–Kier alpha value is -0.420. The maximum atomic E-state index is 12.7. The molecule has 0 heterocycles. The normalized spacial score (nSPS) is 15.8. The average molecular weight is 278 g/mol. The molecule has 0 bridgehead atoms. The Bertz CT molecular complexity index is 238. The number of alkyl halides is 6. The lowest BCUT2D eigenvalue weighted by Crippen LogP contribution is -2.37. The van der Waals surface area contributed by atoms with Gasteiger partial charge in [-0.05, 0) is 12.8 Å². The number of rotatable bonds is 6. The molecule has 0 aliphatic rings.